The number of phosphoric ester groups is 3. The molecule has 0 aliphatic carbocycles. The van der Waals surface area contributed by atoms with E-state index in [-0.39, 0.29) is 53.7 Å². The van der Waals surface area contributed by atoms with Crippen LogP contribution < -0.4 is 32.8 Å². The lowest BCUT2D eigenvalue weighted by Gasteiger charge is -2.27. The summed E-state index contributed by atoms with van der Waals surface area (Å²) in [6, 6.07) is 0.929. The Morgan fingerprint density at radius 2 is 1.45 bits per heavy atom. The normalized spacial score (nSPS) is 30.1. The lowest BCUT2D eigenvalue weighted by atomic mass is 9.95. The average molecular weight is 1160 g/mol. The SMILES string of the molecule is CCO[C@@H]1[C@H](OP(=O)(O)OC[C@H]2O[C@@H](n3ccc(=O)[nH]c3=O)[C@H](O)[C@@H]2O)[C@@H](COP(=O)(O)OP(=O)(O)OP(=O)(O)OC[C@H]2O[C@@H]([n+]3cn(C)c4c(=O)[nH]c(N)nc43)[C@H](O)[C@@H]2CCOC)O[C@H]1n1cnc2c(N)ncnc21. The number of nitrogens with zero attached hydrogens (tertiary/aromatic N) is 8. The van der Waals surface area contributed by atoms with E-state index in [4.69, 9.17) is 53.2 Å². The van der Waals surface area contributed by atoms with E-state index in [0.717, 1.165) is 29.5 Å². The molecule has 0 bridgehead atoms. The first-order valence-corrected chi connectivity index (χ1v) is 28.2. The molecule has 3 fully saturated rings. The maximum atomic E-state index is 13.7. The molecule has 76 heavy (non-hydrogen) atoms. The van der Waals surface area contributed by atoms with Gasteiger partial charge < -0.3 is 70.0 Å². The van der Waals surface area contributed by atoms with Crippen molar-refractivity contribution in [3.05, 3.63) is 62.4 Å². The van der Waals surface area contributed by atoms with E-state index in [1.165, 1.54) is 41.1 Å². The topological polar surface area (TPSA) is 516 Å². The number of nitrogens with two attached hydrogens (primary N) is 2. The lowest BCUT2D eigenvalue weighted by Crippen LogP contribution is -2.45. The maximum absolute atomic E-state index is 13.7. The van der Waals surface area contributed by atoms with E-state index in [1.807, 2.05) is 4.98 Å². The van der Waals surface area contributed by atoms with Crippen LogP contribution in [-0.2, 0) is 75.7 Å². The lowest BCUT2D eigenvalue weighted by molar-refractivity contribution is -0.745. The second-order valence-electron chi connectivity index (χ2n) is 16.9. The highest BCUT2D eigenvalue weighted by Crippen LogP contribution is 2.68. The van der Waals surface area contributed by atoms with Crippen LogP contribution in [0.4, 0.5) is 11.8 Å². The fourth-order valence-electron chi connectivity index (χ4n) is 8.60. The summed E-state index contributed by atoms with van der Waals surface area (Å²) < 4.78 is 115. The molecule has 16 atom stereocenters. The van der Waals surface area contributed by atoms with Gasteiger partial charge in [-0.1, -0.05) is 4.98 Å². The van der Waals surface area contributed by atoms with Gasteiger partial charge in [0.25, 0.3) is 17.1 Å². The minimum atomic E-state index is -6.18. The molecule has 0 spiro atoms. The monoisotopic (exact) mass is 1160 g/mol. The number of aliphatic hydroxyl groups is 3. The Hall–Kier alpha value is -4.62. The Labute approximate surface area is 424 Å². The number of anilines is 2. The highest BCUT2D eigenvalue weighted by Gasteiger charge is 2.54. The number of fused-ring (bicyclic) bond motifs is 2. The summed E-state index contributed by atoms with van der Waals surface area (Å²) in [6.07, 6.45) is -13.1. The number of H-pyrrole nitrogens is 2. The number of phosphoric acid groups is 4. The molecule has 13 N–H and O–H groups in total. The van der Waals surface area contributed by atoms with Crippen molar-refractivity contribution >= 4 is 65.4 Å². The van der Waals surface area contributed by atoms with Gasteiger partial charge in [0, 0.05) is 38.5 Å². The van der Waals surface area contributed by atoms with Crippen molar-refractivity contribution in [3.8, 4) is 0 Å². The molecule has 420 valence electrons. The zero-order valence-electron chi connectivity index (χ0n) is 39.6. The van der Waals surface area contributed by atoms with Gasteiger partial charge in [-0.2, -0.15) is 8.62 Å². The number of nitrogen functional groups attached to an aromatic ring is 2. The standard InChI is InChI=1S/C35H50N12O25P4/c1-4-63-26-25(70-73(54,55)64-10-17-23(50)24(51)32(68-17)45-7-5-19(48)41-35(45)53)18(69-33(26)46-13-40-20-27(36)38-12-39-28(20)46)11-66-75(58,59)72-76(60,61)71-74(56,57)65-9-16-15(6-8-62-3)22(49)31(67-16)47-14-44(2)21-29(47)42-34(37)43-30(21)52/h5,7,12-18,22-26,31-33,49-51H,4,6,8-11H2,1-3H3,(H9-,36,37,38,39,41,42,43,48,52,53,54,55,56,57,58,59,60,61)/p+1/t15-,16-,17-,18-,22-,23-,24-,25-,26-,31-,32-,33-/m1/s1. The predicted octanol–water partition coefficient (Wildman–Crippen LogP) is -3.19. The molecule has 3 aliphatic heterocycles. The largest absolute Gasteiger partial charge is 0.490 e. The maximum Gasteiger partial charge on any atom is 0.490 e. The van der Waals surface area contributed by atoms with Crippen LogP contribution in [0.15, 0.2) is 45.6 Å². The molecule has 3 saturated heterocycles. The van der Waals surface area contributed by atoms with E-state index in [0.29, 0.717) is 0 Å². The van der Waals surface area contributed by atoms with Crippen LogP contribution in [0.5, 0.6) is 0 Å². The number of hydrogen-bond donors (Lipinski definition) is 11. The fourth-order valence-corrected chi connectivity index (χ4v) is 13.1. The summed E-state index contributed by atoms with van der Waals surface area (Å²) in [7, 11) is -20.5. The molecule has 0 amide bonds. The summed E-state index contributed by atoms with van der Waals surface area (Å²) in [5.41, 5.74) is 9.39. The van der Waals surface area contributed by atoms with Crippen molar-refractivity contribution in [3.63, 3.8) is 0 Å². The van der Waals surface area contributed by atoms with Crippen molar-refractivity contribution in [2.24, 2.45) is 13.0 Å². The number of aromatic nitrogens is 10. The predicted molar refractivity (Wildman–Crippen MR) is 246 cm³/mol. The van der Waals surface area contributed by atoms with Gasteiger partial charge in [-0.05, 0) is 13.3 Å². The zero-order chi connectivity index (χ0) is 55.2. The number of nitrogens with one attached hydrogen (secondary N) is 2. The Kier molecular flexibility index (Phi) is 17.1. The number of methoxy groups -OCH3 is 1. The number of rotatable bonds is 23. The van der Waals surface area contributed by atoms with Crippen molar-refractivity contribution < 1.29 is 108 Å². The number of ether oxygens (including phenoxy) is 5. The highest BCUT2D eigenvalue weighted by molar-refractivity contribution is 7.66. The van der Waals surface area contributed by atoms with Gasteiger partial charge in [-0.15, -0.1) is 0 Å². The fraction of sp³-hybridized carbons (Fsp3) is 0.600. The van der Waals surface area contributed by atoms with Crippen LogP contribution in [0.1, 0.15) is 32.0 Å². The van der Waals surface area contributed by atoms with Crippen molar-refractivity contribution in [2.75, 3.05) is 51.6 Å². The van der Waals surface area contributed by atoms with E-state index in [1.54, 1.807) is 0 Å². The molecule has 8 rings (SSSR count). The summed E-state index contributed by atoms with van der Waals surface area (Å²) >= 11 is 0. The summed E-state index contributed by atoms with van der Waals surface area (Å²) in [4.78, 5) is 99.9. The van der Waals surface area contributed by atoms with Gasteiger partial charge in [-0.25, -0.2) is 42.6 Å². The molecule has 5 aromatic rings. The highest BCUT2D eigenvalue weighted by atomic mass is 31.3. The average Bonchev–Trinajstić information content (AvgIpc) is 4.16. The third-order valence-corrected chi connectivity index (χ3v) is 17.1. The number of aryl methyl sites for hydroxylation is 1. The molecule has 41 heteroatoms. The second-order valence-corrected chi connectivity index (χ2v) is 22.9. The van der Waals surface area contributed by atoms with Gasteiger partial charge >= 0.3 is 42.6 Å². The molecule has 0 saturated carbocycles. The first-order chi connectivity index (χ1) is 35.7. The van der Waals surface area contributed by atoms with Gasteiger partial charge in [0.15, 0.2) is 30.2 Å². The minimum absolute atomic E-state index is 0.00772. The summed E-state index contributed by atoms with van der Waals surface area (Å²) in [6.45, 7) is -1.84. The summed E-state index contributed by atoms with van der Waals surface area (Å²) in [5, 5.41) is 32.7. The number of aromatic amines is 2. The molecule has 5 aromatic heterocycles. The molecule has 3 aliphatic rings. The van der Waals surface area contributed by atoms with Crippen LogP contribution in [0.2, 0.25) is 0 Å². The van der Waals surface area contributed by atoms with Crippen molar-refractivity contribution in [1.82, 2.24) is 43.6 Å². The molecule has 0 radical (unpaired) electrons. The molecular formula is C35H51N12O25P4+. The van der Waals surface area contributed by atoms with E-state index in [2.05, 4.69) is 33.5 Å². The number of hydrogen-bond acceptors (Lipinski definition) is 27. The molecular weight excluding hydrogens is 1110 g/mol. The van der Waals surface area contributed by atoms with Crippen LogP contribution in [0, 0.1) is 5.92 Å². The van der Waals surface area contributed by atoms with Crippen LogP contribution in [0.25, 0.3) is 22.3 Å². The van der Waals surface area contributed by atoms with E-state index < -0.39 is 141 Å². The Morgan fingerprint density at radius 3 is 2.12 bits per heavy atom. The number of imidazole rings is 2. The second kappa shape index (κ2) is 22.6. The first kappa shape index (κ1) is 57.6. The van der Waals surface area contributed by atoms with Gasteiger partial charge in [-0.3, -0.25) is 51.4 Å². The van der Waals surface area contributed by atoms with Gasteiger partial charge in [0.05, 0.1) is 39.3 Å². The van der Waals surface area contributed by atoms with Gasteiger partial charge in [0.1, 0.15) is 54.6 Å². The smallest absolute Gasteiger partial charge is 0.387 e. The van der Waals surface area contributed by atoms with E-state index in [9.17, 15) is 67.5 Å². The Morgan fingerprint density at radius 1 is 0.789 bits per heavy atom. The third kappa shape index (κ3) is 12.5. The van der Waals surface area contributed by atoms with Crippen molar-refractivity contribution in [1.29, 1.82) is 0 Å². The van der Waals surface area contributed by atoms with Gasteiger partial charge in [0.2, 0.25) is 11.7 Å². The quantitative estimate of drug-likeness (QED) is 0.0227. The molecule has 0 aromatic carbocycles. The molecule has 37 nitrogen and oxygen atoms in total. The summed E-state index contributed by atoms with van der Waals surface area (Å²) in [5.74, 6) is -1.28. The Bertz CT molecular complexity index is 3300. The first-order valence-electron chi connectivity index (χ1n) is 22.2. The van der Waals surface area contributed by atoms with E-state index >= 15 is 0 Å². The molecule has 8 heterocycles. The van der Waals surface area contributed by atoms with Crippen molar-refractivity contribution in [2.45, 2.75) is 80.9 Å². The van der Waals surface area contributed by atoms with Crippen LogP contribution in [-0.4, -0.2) is 167 Å². The van der Waals surface area contributed by atoms with Crippen LogP contribution >= 0.6 is 31.3 Å². The number of aliphatic hydroxyl groups excluding tert-OH is 3. The minimum Gasteiger partial charge on any atom is -0.387 e. The zero-order valence-corrected chi connectivity index (χ0v) is 43.1. The van der Waals surface area contributed by atoms with Crippen LogP contribution in [0.3, 0.4) is 0 Å². The third-order valence-electron chi connectivity index (χ3n) is 11.9. The Balaban J connectivity index is 0.952. The molecule has 4 unspecified atom stereocenters.